The Hall–Kier alpha value is -1.40. The predicted octanol–water partition coefficient (Wildman–Crippen LogP) is 10.6. The molecular formula is C34H40P4. The van der Waals surface area contributed by atoms with Crippen LogP contribution in [0.15, 0.2) is 115 Å². The average Bonchev–Trinajstić information content (AvgIpc) is 2.99. The molecule has 196 valence electrons. The lowest BCUT2D eigenvalue weighted by Gasteiger charge is -2.36. The molecule has 4 aromatic carbocycles. The van der Waals surface area contributed by atoms with Crippen molar-refractivity contribution >= 4 is 46.4 Å². The third-order valence-corrected chi connectivity index (χ3v) is 28.5. The molecule has 0 nitrogen and oxygen atoms in total. The molecule has 1 aliphatic heterocycles. The van der Waals surface area contributed by atoms with E-state index < -0.39 is 0 Å². The second-order valence-electron chi connectivity index (χ2n) is 10.0. The Bertz CT molecular complexity index is 1200. The lowest BCUT2D eigenvalue weighted by Crippen LogP contribution is -2.10. The van der Waals surface area contributed by atoms with E-state index in [1.165, 1.54) is 74.8 Å². The van der Waals surface area contributed by atoms with Crippen LogP contribution in [0.25, 0.3) is 11.1 Å². The summed E-state index contributed by atoms with van der Waals surface area (Å²) in [7, 11) is 0.321. The Balaban J connectivity index is 1.55. The molecule has 1 saturated heterocycles. The molecule has 0 saturated carbocycles. The molecule has 5 rings (SSSR count). The van der Waals surface area contributed by atoms with E-state index >= 15 is 0 Å². The molecular weight excluding hydrogens is 532 g/mol. The predicted molar refractivity (Wildman–Crippen MR) is 179 cm³/mol. The molecule has 38 heavy (non-hydrogen) atoms. The molecule has 0 amide bonds. The van der Waals surface area contributed by atoms with Gasteiger partial charge in [0.05, 0.1) is 0 Å². The van der Waals surface area contributed by atoms with Crippen molar-refractivity contribution in [3.63, 3.8) is 0 Å². The summed E-state index contributed by atoms with van der Waals surface area (Å²) in [4.78, 5) is 0. The van der Waals surface area contributed by atoms with Gasteiger partial charge in [-0.2, -0.15) is 0 Å². The average molecular weight is 573 g/mol. The summed E-state index contributed by atoms with van der Waals surface area (Å²) >= 11 is 0. The minimum Gasteiger partial charge on any atom is -0.0862 e. The summed E-state index contributed by atoms with van der Waals surface area (Å²) in [6.45, 7) is 0. The van der Waals surface area contributed by atoms with E-state index in [9.17, 15) is 0 Å². The Kier molecular flexibility index (Phi) is 11.4. The van der Waals surface area contributed by atoms with Gasteiger partial charge in [0, 0.05) is 0 Å². The largest absolute Gasteiger partial charge is 0.0862 e. The highest BCUT2D eigenvalue weighted by molar-refractivity contribution is 8.78. The highest BCUT2D eigenvalue weighted by Gasteiger charge is 2.32. The number of benzene rings is 4. The topological polar surface area (TPSA) is 0 Å². The molecule has 1 aliphatic rings. The summed E-state index contributed by atoms with van der Waals surface area (Å²) in [5, 5.41) is 4.89. The van der Waals surface area contributed by atoms with Gasteiger partial charge in [-0.3, -0.25) is 0 Å². The van der Waals surface area contributed by atoms with Crippen LogP contribution in [-0.4, -0.2) is 12.3 Å². The second kappa shape index (κ2) is 15.4. The first-order valence-electron chi connectivity index (χ1n) is 14.3. The zero-order chi connectivity index (χ0) is 25.8. The molecule has 4 atom stereocenters. The van der Waals surface area contributed by atoms with Crippen LogP contribution in [-0.2, 0) is 0 Å². The lowest BCUT2D eigenvalue weighted by atomic mass is 10.1. The first-order valence-corrected chi connectivity index (χ1v) is 21.9. The molecule has 0 aliphatic carbocycles. The summed E-state index contributed by atoms with van der Waals surface area (Å²) in [6.07, 6.45) is 14.1. The van der Waals surface area contributed by atoms with Crippen LogP contribution in [0.3, 0.4) is 0 Å². The van der Waals surface area contributed by atoms with Gasteiger partial charge in [-0.25, -0.2) is 0 Å². The zero-order valence-electron chi connectivity index (χ0n) is 22.4. The van der Waals surface area contributed by atoms with Crippen LogP contribution in [0.2, 0.25) is 0 Å². The van der Waals surface area contributed by atoms with E-state index in [1.54, 1.807) is 15.9 Å². The smallest absolute Gasteiger partial charge is 0.0117 e. The Morgan fingerprint density at radius 1 is 0.421 bits per heavy atom. The van der Waals surface area contributed by atoms with Crippen molar-refractivity contribution in [2.24, 2.45) is 0 Å². The maximum atomic E-state index is 2.50. The number of hydrogen-bond acceptors (Lipinski definition) is 0. The van der Waals surface area contributed by atoms with Crippen LogP contribution in [0, 0.1) is 0 Å². The molecule has 4 aromatic rings. The van der Waals surface area contributed by atoms with Crippen LogP contribution in [0.5, 0.6) is 0 Å². The first-order chi connectivity index (χ1) is 18.9. The monoisotopic (exact) mass is 572 g/mol. The molecule has 0 aromatic heterocycles. The fourth-order valence-electron chi connectivity index (χ4n) is 5.18. The van der Waals surface area contributed by atoms with E-state index in [1.807, 2.05) is 0 Å². The fraction of sp³-hybridized carbons (Fsp3) is 0.294. The van der Waals surface area contributed by atoms with E-state index in [0.717, 1.165) is 8.27 Å². The van der Waals surface area contributed by atoms with Gasteiger partial charge in [-0.05, 0) is 74.4 Å². The Morgan fingerprint density at radius 3 is 1.55 bits per heavy atom. The summed E-state index contributed by atoms with van der Waals surface area (Å²) in [6, 6.07) is 44.0. The molecule has 0 radical (unpaired) electrons. The third kappa shape index (κ3) is 7.84. The van der Waals surface area contributed by atoms with Crippen LogP contribution >= 0.6 is 30.5 Å². The number of rotatable bonds is 4. The van der Waals surface area contributed by atoms with Crippen molar-refractivity contribution in [3.05, 3.63) is 115 Å². The third-order valence-electron chi connectivity index (χ3n) is 7.24. The molecule has 1 fully saturated rings. The van der Waals surface area contributed by atoms with Gasteiger partial charge in [-0.15, -0.1) is 0 Å². The minimum atomic E-state index is -0.277. The summed E-state index contributed by atoms with van der Waals surface area (Å²) in [5.74, 6) is 0. The van der Waals surface area contributed by atoms with Crippen molar-refractivity contribution in [3.8, 4) is 11.1 Å². The Labute approximate surface area is 235 Å². The van der Waals surface area contributed by atoms with E-state index in [4.69, 9.17) is 0 Å². The maximum absolute atomic E-state index is 2.50. The standard InChI is InChI=1S/C34H40P4/c1-2-4-6-17-29-36(32-26-24-31(25-27-32)30-18-10-7-11-19-30)38(34-22-14-9-15-23-34)37(35-28-16-5-3-1)33-20-12-8-13-21-33/h7-15,18-27,35H,1-6,16-17,28-29H2. The maximum Gasteiger partial charge on any atom is -0.0117 e. The Morgan fingerprint density at radius 2 is 0.921 bits per heavy atom. The van der Waals surface area contributed by atoms with Crippen molar-refractivity contribution in [2.75, 3.05) is 12.3 Å². The molecule has 0 bridgehead atoms. The molecule has 4 unspecified atom stereocenters. The highest BCUT2D eigenvalue weighted by atomic mass is 32.6. The van der Waals surface area contributed by atoms with Crippen molar-refractivity contribution < 1.29 is 0 Å². The van der Waals surface area contributed by atoms with Gasteiger partial charge in [0.15, 0.2) is 0 Å². The van der Waals surface area contributed by atoms with Gasteiger partial charge < -0.3 is 0 Å². The zero-order valence-corrected chi connectivity index (χ0v) is 26.1. The van der Waals surface area contributed by atoms with Crippen LogP contribution < -0.4 is 15.9 Å². The van der Waals surface area contributed by atoms with Crippen LogP contribution in [0.1, 0.15) is 51.4 Å². The van der Waals surface area contributed by atoms with Gasteiger partial charge in [0.1, 0.15) is 0 Å². The second-order valence-corrected chi connectivity index (χ2v) is 24.3. The van der Waals surface area contributed by atoms with Gasteiger partial charge in [-0.1, -0.05) is 162 Å². The van der Waals surface area contributed by atoms with Crippen molar-refractivity contribution in [1.29, 1.82) is 0 Å². The normalized spacial score (nSPS) is 22.5. The van der Waals surface area contributed by atoms with Crippen molar-refractivity contribution in [2.45, 2.75) is 51.4 Å². The van der Waals surface area contributed by atoms with E-state index in [2.05, 4.69) is 115 Å². The number of hydrogen-bond donors (Lipinski definition) is 0. The van der Waals surface area contributed by atoms with Crippen molar-refractivity contribution in [1.82, 2.24) is 0 Å². The molecule has 0 spiro atoms. The highest BCUT2D eigenvalue weighted by Crippen LogP contribution is 2.90. The fourth-order valence-corrected chi connectivity index (χ4v) is 30.6. The summed E-state index contributed by atoms with van der Waals surface area (Å²) in [5.41, 5.74) is 2.65. The van der Waals surface area contributed by atoms with Crippen LogP contribution in [0.4, 0.5) is 0 Å². The van der Waals surface area contributed by atoms with Gasteiger partial charge in [0.25, 0.3) is 0 Å². The minimum absolute atomic E-state index is 0.208. The van der Waals surface area contributed by atoms with E-state index in [0.29, 0.717) is 0 Å². The van der Waals surface area contributed by atoms with E-state index in [-0.39, 0.29) is 22.2 Å². The quantitative estimate of drug-likeness (QED) is 0.214. The SMILES string of the molecule is c1ccc(-c2ccc(P3CCCCCCCCCCPP(c4ccccc4)P3c3ccccc3)cc2)cc1. The van der Waals surface area contributed by atoms with Gasteiger partial charge >= 0.3 is 0 Å². The van der Waals surface area contributed by atoms with Gasteiger partial charge in [0.2, 0.25) is 0 Å². The first kappa shape index (κ1) is 28.1. The lowest BCUT2D eigenvalue weighted by molar-refractivity contribution is 0.587. The molecule has 0 N–H and O–H groups in total. The summed E-state index contributed by atoms with van der Waals surface area (Å²) < 4.78 is 0. The molecule has 4 heteroatoms. The molecule has 1 heterocycles.